The van der Waals surface area contributed by atoms with Gasteiger partial charge >= 0.3 is 0 Å². The van der Waals surface area contributed by atoms with Crippen LogP contribution >= 0.6 is 0 Å². The lowest BCUT2D eigenvalue weighted by Gasteiger charge is -2.28. The second-order valence-corrected chi connectivity index (χ2v) is 14.5. The lowest BCUT2D eigenvalue weighted by atomic mass is 9.90. The summed E-state index contributed by atoms with van der Waals surface area (Å²) in [5, 5.41) is 7.11. The smallest absolute Gasteiger partial charge is 0.143 e. The summed E-state index contributed by atoms with van der Waals surface area (Å²) in [5.74, 6) is 1.75. The molecule has 0 N–H and O–H groups in total. The topological polar surface area (TPSA) is 12.5 Å². The van der Waals surface area contributed by atoms with Gasteiger partial charge in [-0.3, -0.25) is 0 Å². The first-order chi connectivity index (χ1) is 27.8. The lowest BCUT2D eigenvalue weighted by molar-refractivity contribution is 0.495. The van der Waals surface area contributed by atoms with Crippen molar-refractivity contribution in [2.45, 2.75) is 0 Å². The standard InChI is InChI=1S/C54H35NO/c1-3-14-36(15-4-1)37-26-29-41(30-27-37)55(52-34-40-19-8-9-20-43(40)46-22-11-12-23-48(46)52)42-31-33-47-49-25-13-24-45(38-16-5-2-6-17-38)53(49)56-54-44-21-10-7-18-39(44)28-32-50(54)51(47)35-42/h1-35H. The number of para-hydroxylation sites is 1. The van der Waals surface area contributed by atoms with E-state index >= 15 is 0 Å². The summed E-state index contributed by atoms with van der Waals surface area (Å²) in [6.45, 7) is 0. The van der Waals surface area contributed by atoms with Crippen molar-refractivity contribution in [1.82, 2.24) is 0 Å². The molecule has 0 aliphatic carbocycles. The Morgan fingerprint density at radius 1 is 0.286 bits per heavy atom. The third kappa shape index (κ3) is 5.26. The number of ether oxygens (including phenoxy) is 1. The molecule has 10 aromatic rings. The fourth-order valence-electron chi connectivity index (χ4n) is 8.58. The van der Waals surface area contributed by atoms with Gasteiger partial charge in [-0.15, -0.1) is 0 Å². The van der Waals surface area contributed by atoms with E-state index in [-0.39, 0.29) is 0 Å². The molecule has 0 radical (unpaired) electrons. The van der Waals surface area contributed by atoms with Crippen LogP contribution in [-0.2, 0) is 0 Å². The minimum Gasteiger partial charge on any atom is -0.455 e. The van der Waals surface area contributed by atoms with Crippen LogP contribution in [0.4, 0.5) is 17.1 Å². The quantitative estimate of drug-likeness (QED) is 0.165. The average Bonchev–Trinajstić information content (AvgIpc) is 3.42. The molecule has 2 nitrogen and oxygen atoms in total. The molecule has 0 saturated heterocycles. The summed E-state index contributed by atoms with van der Waals surface area (Å²) in [7, 11) is 0. The Kier molecular flexibility index (Phi) is 7.53. The SMILES string of the molecule is c1ccc(-c2ccc(N(c3ccc4c(c3)-c3ccc5ccccc5c3Oc3c(-c5ccccc5)cccc3-4)c3cc4ccccc4c4ccccc34)cc2)cc1. The number of fused-ring (bicyclic) bond motifs is 10. The predicted octanol–water partition coefficient (Wildman–Crippen LogP) is 15.4. The number of benzene rings is 10. The van der Waals surface area contributed by atoms with Gasteiger partial charge in [0.15, 0.2) is 0 Å². The highest BCUT2D eigenvalue weighted by molar-refractivity contribution is 6.15. The Morgan fingerprint density at radius 2 is 0.857 bits per heavy atom. The molecule has 0 unspecified atom stereocenters. The number of rotatable bonds is 5. The van der Waals surface area contributed by atoms with Crippen LogP contribution in [-0.4, -0.2) is 0 Å². The first kappa shape index (κ1) is 32.0. The van der Waals surface area contributed by atoms with E-state index in [1.54, 1.807) is 0 Å². The molecular weight excluding hydrogens is 679 g/mol. The van der Waals surface area contributed by atoms with Crippen LogP contribution in [0.5, 0.6) is 11.5 Å². The molecule has 1 heterocycles. The van der Waals surface area contributed by atoms with Crippen molar-refractivity contribution >= 4 is 49.4 Å². The lowest BCUT2D eigenvalue weighted by Crippen LogP contribution is -2.11. The highest BCUT2D eigenvalue weighted by Gasteiger charge is 2.27. The number of nitrogens with zero attached hydrogens (tertiary/aromatic N) is 1. The van der Waals surface area contributed by atoms with Gasteiger partial charge in [-0.1, -0.05) is 176 Å². The van der Waals surface area contributed by atoms with Gasteiger partial charge in [0, 0.05) is 38.8 Å². The van der Waals surface area contributed by atoms with E-state index in [1.165, 1.54) is 32.7 Å². The molecule has 1 aliphatic rings. The largest absolute Gasteiger partial charge is 0.455 e. The van der Waals surface area contributed by atoms with Gasteiger partial charge in [0.25, 0.3) is 0 Å². The molecule has 262 valence electrons. The first-order valence-corrected chi connectivity index (χ1v) is 19.2. The first-order valence-electron chi connectivity index (χ1n) is 19.2. The summed E-state index contributed by atoms with van der Waals surface area (Å²) in [6, 6.07) is 76.4. The van der Waals surface area contributed by atoms with Crippen LogP contribution in [0.1, 0.15) is 0 Å². The third-order valence-corrected chi connectivity index (χ3v) is 11.2. The van der Waals surface area contributed by atoms with Crippen LogP contribution in [0, 0.1) is 0 Å². The second-order valence-electron chi connectivity index (χ2n) is 14.5. The Bertz CT molecular complexity index is 3100. The van der Waals surface area contributed by atoms with E-state index in [0.29, 0.717) is 0 Å². The van der Waals surface area contributed by atoms with Gasteiger partial charge < -0.3 is 9.64 Å². The van der Waals surface area contributed by atoms with Crippen molar-refractivity contribution in [3.63, 3.8) is 0 Å². The highest BCUT2D eigenvalue weighted by atomic mass is 16.5. The summed E-state index contributed by atoms with van der Waals surface area (Å²) in [4.78, 5) is 2.43. The van der Waals surface area contributed by atoms with E-state index in [1.807, 2.05) is 0 Å². The molecule has 0 saturated carbocycles. The zero-order chi connectivity index (χ0) is 37.0. The molecule has 0 amide bonds. The number of hydrogen-bond donors (Lipinski definition) is 0. The minimum atomic E-state index is 0.872. The normalized spacial score (nSPS) is 11.7. The van der Waals surface area contributed by atoms with Crippen LogP contribution in [0.15, 0.2) is 212 Å². The molecule has 0 bridgehead atoms. The second kappa shape index (κ2) is 13.2. The van der Waals surface area contributed by atoms with Crippen molar-refractivity contribution in [3.05, 3.63) is 212 Å². The maximum atomic E-state index is 7.20. The average molecular weight is 714 g/mol. The summed E-state index contributed by atoms with van der Waals surface area (Å²) >= 11 is 0. The monoisotopic (exact) mass is 713 g/mol. The Labute approximate surface area is 326 Å². The summed E-state index contributed by atoms with van der Waals surface area (Å²) in [6.07, 6.45) is 0. The molecule has 0 spiro atoms. The fraction of sp³-hybridized carbons (Fsp3) is 0. The maximum absolute atomic E-state index is 7.20. The summed E-state index contributed by atoms with van der Waals surface area (Å²) in [5.41, 5.74) is 12.3. The molecule has 0 fully saturated rings. The van der Waals surface area contributed by atoms with Crippen molar-refractivity contribution in [1.29, 1.82) is 0 Å². The molecule has 10 aromatic carbocycles. The van der Waals surface area contributed by atoms with E-state index < -0.39 is 0 Å². The molecule has 11 rings (SSSR count). The van der Waals surface area contributed by atoms with E-state index in [9.17, 15) is 0 Å². The van der Waals surface area contributed by atoms with Crippen LogP contribution < -0.4 is 9.64 Å². The maximum Gasteiger partial charge on any atom is 0.143 e. The van der Waals surface area contributed by atoms with Gasteiger partial charge in [0.1, 0.15) is 11.5 Å². The summed E-state index contributed by atoms with van der Waals surface area (Å²) < 4.78 is 7.20. The van der Waals surface area contributed by atoms with Gasteiger partial charge in [-0.05, 0) is 85.8 Å². The fourth-order valence-corrected chi connectivity index (χ4v) is 8.58. The van der Waals surface area contributed by atoms with Gasteiger partial charge in [0.05, 0.1) is 5.69 Å². The molecule has 0 aromatic heterocycles. The third-order valence-electron chi connectivity index (χ3n) is 11.2. The van der Waals surface area contributed by atoms with Gasteiger partial charge in [-0.2, -0.15) is 0 Å². The zero-order valence-electron chi connectivity index (χ0n) is 30.6. The number of anilines is 3. The van der Waals surface area contributed by atoms with Crippen molar-refractivity contribution in [2.24, 2.45) is 0 Å². The molecule has 56 heavy (non-hydrogen) atoms. The van der Waals surface area contributed by atoms with Crippen LogP contribution in [0.25, 0.3) is 76.8 Å². The van der Waals surface area contributed by atoms with Crippen LogP contribution in [0.2, 0.25) is 0 Å². The molecular formula is C54H35NO. The molecule has 0 atom stereocenters. The van der Waals surface area contributed by atoms with Crippen molar-refractivity contribution in [3.8, 4) is 56.0 Å². The molecule has 1 aliphatic heterocycles. The predicted molar refractivity (Wildman–Crippen MR) is 235 cm³/mol. The Morgan fingerprint density at radius 3 is 1.64 bits per heavy atom. The zero-order valence-corrected chi connectivity index (χ0v) is 30.6. The van der Waals surface area contributed by atoms with E-state index in [4.69, 9.17) is 4.74 Å². The van der Waals surface area contributed by atoms with Crippen molar-refractivity contribution < 1.29 is 4.74 Å². The Hall–Kier alpha value is -7.42. The minimum absolute atomic E-state index is 0.872. The van der Waals surface area contributed by atoms with E-state index in [0.717, 1.165) is 72.7 Å². The van der Waals surface area contributed by atoms with Crippen molar-refractivity contribution in [2.75, 3.05) is 4.90 Å². The van der Waals surface area contributed by atoms with Crippen LogP contribution in [0.3, 0.4) is 0 Å². The highest BCUT2D eigenvalue weighted by Crippen LogP contribution is 2.54. The molecule has 2 heteroatoms. The van der Waals surface area contributed by atoms with Gasteiger partial charge in [-0.25, -0.2) is 0 Å². The van der Waals surface area contributed by atoms with E-state index in [2.05, 4.69) is 217 Å². The number of hydrogen-bond acceptors (Lipinski definition) is 2. The van der Waals surface area contributed by atoms with Gasteiger partial charge in [0.2, 0.25) is 0 Å². The Balaban J connectivity index is 1.19.